The third-order valence-electron chi connectivity index (χ3n) is 4.96. The van der Waals surface area contributed by atoms with Gasteiger partial charge < -0.3 is 5.32 Å². The minimum atomic E-state index is -3.55. The first kappa shape index (κ1) is 20.8. The lowest BCUT2D eigenvalue weighted by molar-refractivity contribution is -0.126. The van der Waals surface area contributed by atoms with Crippen molar-refractivity contribution in [2.75, 3.05) is 26.2 Å². The first-order chi connectivity index (χ1) is 13.4. The number of carbonyl (C=O) groups excluding carboxylic acids is 1. The van der Waals surface area contributed by atoms with Crippen LogP contribution in [0.5, 0.6) is 0 Å². The summed E-state index contributed by atoms with van der Waals surface area (Å²) in [6, 6.07) is 15.6. The molecular weight excluding hydrogens is 398 g/mol. The molecule has 8 heteroatoms. The van der Waals surface area contributed by atoms with Gasteiger partial charge in [-0.05, 0) is 36.8 Å². The van der Waals surface area contributed by atoms with Gasteiger partial charge in [-0.25, -0.2) is 8.42 Å². The Morgan fingerprint density at radius 1 is 1.04 bits per heavy atom. The molecule has 1 N–H and O–H groups in total. The maximum atomic E-state index is 12.8. The largest absolute Gasteiger partial charge is 0.351 e. The fraction of sp³-hybridized carbons (Fsp3) is 0.350. The predicted molar refractivity (Wildman–Crippen MR) is 110 cm³/mol. The molecule has 0 aliphatic carbocycles. The van der Waals surface area contributed by atoms with Gasteiger partial charge in [-0.1, -0.05) is 41.9 Å². The van der Waals surface area contributed by atoms with Crippen LogP contribution in [0.2, 0.25) is 5.02 Å². The number of benzene rings is 2. The van der Waals surface area contributed by atoms with Gasteiger partial charge >= 0.3 is 0 Å². The molecule has 2 aromatic rings. The van der Waals surface area contributed by atoms with E-state index in [1.807, 2.05) is 42.2 Å². The molecule has 0 unspecified atom stereocenters. The van der Waals surface area contributed by atoms with E-state index >= 15 is 0 Å². The minimum absolute atomic E-state index is 0.0575. The van der Waals surface area contributed by atoms with Crippen molar-refractivity contribution in [2.24, 2.45) is 0 Å². The summed E-state index contributed by atoms with van der Waals surface area (Å²) in [5.41, 5.74) is 1.04. The average molecular weight is 422 g/mol. The zero-order valence-corrected chi connectivity index (χ0v) is 17.3. The molecule has 0 spiro atoms. The summed E-state index contributed by atoms with van der Waals surface area (Å²) in [6.45, 7) is 4.04. The molecular formula is C20H24ClN3O3S. The van der Waals surface area contributed by atoms with Crippen molar-refractivity contribution in [1.29, 1.82) is 0 Å². The van der Waals surface area contributed by atoms with E-state index in [0.29, 0.717) is 37.7 Å². The van der Waals surface area contributed by atoms with Crippen molar-refractivity contribution >= 4 is 27.5 Å². The van der Waals surface area contributed by atoms with Crippen LogP contribution >= 0.6 is 11.6 Å². The van der Waals surface area contributed by atoms with Crippen LogP contribution in [-0.4, -0.2) is 55.8 Å². The highest BCUT2D eigenvalue weighted by atomic mass is 35.5. The topological polar surface area (TPSA) is 69.7 Å². The summed E-state index contributed by atoms with van der Waals surface area (Å²) in [6.07, 6.45) is 0. The number of carbonyl (C=O) groups is 1. The van der Waals surface area contributed by atoms with Crippen molar-refractivity contribution in [3.8, 4) is 0 Å². The summed E-state index contributed by atoms with van der Waals surface area (Å²) in [7, 11) is -3.55. The third-order valence-corrected chi connectivity index (χ3v) is 7.13. The van der Waals surface area contributed by atoms with Gasteiger partial charge in [0, 0.05) is 37.7 Å². The zero-order chi connectivity index (χ0) is 20.1. The molecule has 6 nitrogen and oxygen atoms in total. The van der Waals surface area contributed by atoms with Crippen molar-refractivity contribution in [3.05, 3.63) is 65.2 Å². The number of amides is 1. The summed E-state index contributed by atoms with van der Waals surface area (Å²) in [5.74, 6) is -0.0575. The van der Waals surface area contributed by atoms with Gasteiger partial charge in [0.2, 0.25) is 15.9 Å². The lowest BCUT2D eigenvalue weighted by Gasteiger charge is -2.36. The van der Waals surface area contributed by atoms with E-state index in [9.17, 15) is 13.2 Å². The quantitative estimate of drug-likeness (QED) is 0.777. The number of halogens is 1. The second kappa shape index (κ2) is 9.05. The van der Waals surface area contributed by atoms with Crippen LogP contribution in [0.1, 0.15) is 12.5 Å². The predicted octanol–water partition coefficient (Wildman–Crippen LogP) is 2.35. The molecule has 1 atom stereocenters. The van der Waals surface area contributed by atoms with Crippen LogP contribution in [0.4, 0.5) is 0 Å². The molecule has 0 radical (unpaired) electrons. The molecule has 28 heavy (non-hydrogen) atoms. The van der Waals surface area contributed by atoms with Gasteiger partial charge in [0.05, 0.1) is 10.9 Å². The summed E-state index contributed by atoms with van der Waals surface area (Å²) >= 11 is 5.84. The molecule has 2 aromatic carbocycles. The lowest BCUT2D eigenvalue weighted by atomic mass is 10.2. The molecule has 0 saturated carbocycles. The molecule has 1 saturated heterocycles. The highest BCUT2D eigenvalue weighted by Gasteiger charge is 2.31. The molecule has 1 aliphatic heterocycles. The van der Waals surface area contributed by atoms with Gasteiger partial charge in [0.25, 0.3) is 0 Å². The highest BCUT2D eigenvalue weighted by molar-refractivity contribution is 7.89. The monoisotopic (exact) mass is 421 g/mol. The highest BCUT2D eigenvalue weighted by Crippen LogP contribution is 2.20. The number of hydrogen-bond donors (Lipinski definition) is 1. The Balaban J connectivity index is 1.54. The van der Waals surface area contributed by atoms with Crippen LogP contribution < -0.4 is 5.32 Å². The first-order valence-corrected chi connectivity index (χ1v) is 11.0. The Morgan fingerprint density at radius 3 is 2.25 bits per heavy atom. The fourth-order valence-corrected chi connectivity index (χ4v) is 4.73. The van der Waals surface area contributed by atoms with Gasteiger partial charge in [-0.3, -0.25) is 9.69 Å². The normalized spacial score (nSPS) is 17.2. The Morgan fingerprint density at radius 2 is 1.64 bits per heavy atom. The summed E-state index contributed by atoms with van der Waals surface area (Å²) in [5, 5.41) is 3.44. The van der Waals surface area contributed by atoms with Crippen LogP contribution in [0.3, 0.4) is 0 Å². The standard InChI is InChI=1S/C20H24ClN3O3S/c1-16(20(25)22-15-17-5-3-2-4-6-17)23-11-13-24(14-12-23)28(26,27)19-9-7-18(21)8-10-19/h2-10,16H,11-15H2,1H3,(H,22,25)/t16-/m1/s1. The maximum absolute atomic E-state index is 12.8. The van der Waals surface area contributed by atoms with Crippen molar-refractivity contribution in [3.63, 3.8) is 0 Å². The van der Waals surface area contributed by atoms with Crippen molar-refractivity contribution in [2.45, 2.75) is 24.4 Å². The Labute approximate surface area is 171 Å². The SMILES string of the molecule is C[C@H](C(=O)NCc1ccccc1)N1CCN(S(=O)(=O)c2ccc(Cl)cc2)CC1. The minimum Gasteiger partial charge on any atom is -0.351 e. The summed E-state index contributed by atoms with van der Waals surface area (Å²) in [4.78, 5) is 14.7. The molecule has 150 valence electrons. The lowest BCUT2D eigenvalue weighted by Crippen LogP contribution is -2.54. The van der Waals surface area contributed by atoms with Crippen LogP contribution in [0.25, 0.3) is 0 Å². The van der Waals surface area contributed by atoms with Crippen molar-refractivity contribution in [1.82, 2.24) is 14.5 Å². The maximum Gasteiger partial charge on any atom is 0.243 e. The fourth-order valence-electron chi connectivity index (χ4n) is 3.19. The average Bonchev–Trinajstić information content (AvgIpc) is 2.72. The third kappa shape index (κ3) is 4.91. The number of nitrogens with zero attached hydrogens (tertiary/aromatic N) is 2. The van der Waals surface area contributed by atoms with E-state index < -0.39 is 10.0 Å². The van der Waals surface area contributed by atoms with E-state index in [0.717, 1.165) is 5.56 Å². The van der Waals surface area contributed by atoms with E-state index in [1.165, 1.54) is 16.4 Å². The van der Waals surface area contributed by atoms with Crippen LogP contribution in [0.15, 0.2) is 59.5 Å². The number of hydrogen-bond acceptors (Lipinski definition) is 4. The first-order valence-electron chi connectivity index (χ1n) is 9.19. The smallest absolute Gasteiger partial charge is 0.243 e. The van der Waals surface area contributed by atoms with Crippen LogP contribution in [0, 0.1) is 0 Å². The Bertz CT molecular complexity index is 896. The van der Waals surface area contributed by atoms with Crippen LogP contribution in [-0.2, 0) is 21.4 Å². The van der Waals surface area contributed by atoms with Gasteiger partial charge in [-0.2, -0.15) is 4.31 Å². The number of rotatable bonds is 6. The van der Waals surface area contributed by atoms with E-state index in [1.54, 1.807) is 12.1 Å². The van der Waals surface area contributed by atoms with E-state index in [4.69, 9.17) is 11.6 Å². The molecule has 1 aliphatic rings. The summed E-state index contributed by atoms with van der Waals surface area (Å²) < 4.78 is 27.0. The second-order valence-electron chi connectivity index (χ2n) is 6.77. The molecule has 3 rings (SSSR count). The molecule has 1 fully saturated rings. The Hall–Kier alpha value is -1.93. The second-order valence-corrected chi connectivity index (χ2v) is 9.15. The molecule has 1 heterocycles. The number of piperazine rings is 1. The number of sulfonamides is 1. The van der Waals surface area contributed by atoms with Crippen molar-refractivity contribution < 1.29 is 13.2 Å². The molecule has 1 amide bonds. The molecule has 0 aromatic heterocycles. The van der Waals surface area contributed by atoms with Gasteiger partial charge in [0.15, 0.2) is 0 Å². The van der Waals surface area contributed by atoms with Gasteiger partial charge in [-0.15, -0.1) is 0 Å². The van der Waals surface area contributed by atoms with E-state index in [-0.39, 0.29) is 16.8 Å². The van der Waals surface area contributed by atoms with E-state index in [2.05, 4.69) is 5.32 Å². The molecule has 0 bridgehead atoms. The Kier molecular flexibility index (Phi) is 6.72. The zero-order valence-electron chi connectivity index (χ0n) is 15.7. The van der Waals surface area contributed by atoms with Gasteiger partial charge in [0.1, 0.15) is 0 Å². The number of nitrogens with one attached hydrogen (secondary N) is 1.